The summed E-state index contributed by atoms with van der Waals surface area (Å²) in [5, 5.41) is 70.8. The Balaban J connectivity index is 0.000000198. The third-order valence-electron chi connectivity index (χ3n) is 7.90. The van der Waals surface area contributed by atoms with Crippen LogP contribution in [0.25, 0.3) is 11.0 Å². The molecule has 0 bridgehead atoms. The van der Waals surface area contributed by atoms with Crippen molar-refractivity contribution in [1.29, 1.82) is 0 Å². The van der Waals surface area contributed by atoms with Gasteiger partial charge in [-0.05, 0) is 54.6 Å². The third kappa shape index (κ3) is 8.18. The summed E-state index contributed by atoms with van der Waals surface area (Å²) < 4.78 is 15.9. The molecule has 16 heteroatoms. The summed E-state index contributed by atoms with van der Waals surface area (Å²) >= 11 is 1.67. The van der Waals surface area contributed by atoms with Gasteiger partial charge in [-0.25, -0.2) is 14.6 Å². The molecule has 2 unspecified atom stereocenters. The number of H-pyrrole nitrogens is 1. The molecule has 1 aromatic heterocycles. The maximum absolute atomic E-state index is 12.7. The van der Waals surface area contributed by atoms with Crippen LogP contribution in [0.3, 0.4) is 0 Å². The van der Waals surface area contributed by atoms with Gasteiger partial charge in [-0.3, -0.25) is 5.32 Å². The number of aromatic amines is 1. The van der Waals surface area contributed by atoms with Gasteiger partial charge in [0.15, 0.2) is 34.9 Å². The van der Waals surface area contributed by atoms with Gasteiger partial charge in [0.25, 0.3) is 0 Å². The molecule has 0 spiro atoms. The number of esters is 1. The fourth-order valence-corrected chi connectivity index (χ4v) is 6.24. The lowest BCUT2D eigenvalue weighted by Crippen LogP contribution is -2.34. The summed E-state index contributed by atoms with van der Waals surface area (Å²) in [5.74, 6) is -4.06. The van der Waals surface area contributed by atoms with Gasteiger partial charge in [-0.2, -0.15) is 0 Å². The molecule has 1 aliphatic rings. The van der Waals surface area contributed by atoms with Crippen molar-refractivity contribution in [1.82, 2.24) is 9.97 Å². The Morgan fingerprint density at radius 2 is 1.55 bits per heavy atom. The quantitative estimate of drug-likeness (QED) is 0.0661. The number of carbonyl (C=O) groups excluding carboxylic acids is 2. The molecule has 1 aliphatic heterocycles. The number of aromatic nitrogens is 2. The second-order valence-electron chi connectivity index (χ2n) is 11.5. The van der Waals surface area contributed by atoms with E-state index in [1.54, 1.807) is 11.8 Å². The van der Waals surface area contributed by atoms with E-state index in [2.05, 4.69) is 32.2 Å². The number of nitrogens with one attached hydrogen (secondary N) is 2. The largest absolute Gasteiger partial charge is 0.508 e. The van der Waals surface area contributed by atoms with E-state index in [-0.39, 0.29) is 40.5 Å². The van der Waals surface area contributed by atoms with Gasteiger partial charge in [0.05, 0.1) is 23.7 Å². The number of phenols is 7. The molecule has 272 valence electrons. The van der Waals surface area contributed by atoms with E-state index >= 15 is 0 Å². The second-order valence-corrected chi connectivity index (χ2v) is 12.7. The van der Waals surface area contributed by atoms with E-state index in [0.717, 1.165) is 34.1 Å². The first-order chi connectivity index (χ1) is 25.4. The zero-order valence-electron chi connectivity index (χ0n) is 27.5. The Labute approximate surface area is 304 Å². The highest BCUT2D eigenvalue weighted by Gasteiger charge is 2.37. The first-order valence-electron chi connectivity index (χ1n) is 15.7. The van der Waals surface area contributed by atoms with Crippen molar-refractivity contribution in [2.24, 2.45) is 0 Å². The minimum absolute atomic E-state index is 0.0461. The van der Waals surface area contributed by atoms with Crippen molar-refractivity contribution in [2.75, 3.05) is 12.4 Å². The number of aromatic hydroxyl groups is 7. The van der Waals surface area contributed by atoms with Gasteiger partial charge >= 0.3 is 12.1 Å². The lowest BCUT2D eigenvalue weighted by molar-refractivity contribution is -0.0189. The van der Waals surface area contributed by atoms with Crippen molar-refractivity contribution in [3.63, 3.8) is 0 Å². The summed E-state index contributed by atoms with van der Waals surface area (Å²) in [5.41, 5.74) is 1.98. The van der Waals surface area contributed by atoms with Crippen molar-refractivity contribution in [3.05, 3.63) is 108 Å². The second kappa shape index (κ2) is 15.1. The van der Waals surface area contributed by atoms with E-state index in [9.17, 15) is 45.3 Å². The lowest BCUT2D eigenvalue weighted by Gasteiger charge is -2.34. The molecule has 0 saturated carbocycles. The van der Waals surface area contributed by atoms with Crippen molar-refractivity contribution in [3.8, 4) is 46.0 Å². The molecule has 2 heterocycles. The van der Waals surface area contributed by atoms with Gasteiger partial charge in [0.1, 0.15) is 23.4 Å². The SMILES string of the molecule is COC(=O)Nc1nc2ccc(Sc3ccccc3)cc2[nH]1.O=C(OC1Cc2c(O)cc(O)cc2OC1c1ccc(O)c(O)c1)c1cc(O)c(O)c(O)c1. The Bertz CT molecular complexity index is 2290. The van der Waals surface area contributed by atoms with Gasteiger partial charge in [-0.1, -0.05) is 36.0 Å². The first kappa shape index (κ1) is 35.9. The number of fused-ring (bicyclic) bond motifs is 2. The molecule has 0 aliphatic carbocycles. The average Bonchev–Trinajstić information content (AvgIpc) is 3.53. The fraction of sp³-hybridized carbons (Fsp3) is 0.108. The Hall–Kier alpha value is -6.94. The van der Waals surface area contributed by atoms with Crippen LogP contribution in [0.2, 0.25) is 0 Å². The summed E-state index contributed by atoms with van der Waals surface area (Å²) in [6.45, 7) is 0. The van der Waals surface area contributed by atoms with Crippen LogP contribution in [0.1, 0.15) is 27.6 Å². The van der Waals surface area contributed by atoms with Crippen LogP contribution in [0.5, 0.6) is 46.0 Å². The number of imidazole rings is 1. The highest BCUT2D eigenvalue weighted by molar-refractivity contribution is 7.99. The normalized spacial score (nSPS) is 14.6. The molecule has 6 aromatic rings. The number of methoxy groups -OCH3 is 1. The summed E-state index contributed by atoms with van der Waals surface area (Å²) in [6.07, 6.45) is -2.67. The number of ether oxygens (including phenoxy) is 3. The van der Waals surface area contributed by atoms with Crippen LogP contribution in [-0.4, -0.2) is 71.0 Å². The van der Waals surface area contributed by atoms with Gasteiger partial charge in [0, 0.05) is 39.5 Å². The molecule has 9 N–H and O–H groups in total. The zero-order chi connectivity index (χ0) is 37.8. The number of rotatable bonds is 6. The molecule has 0 radical (unpaired) electrons. The minimum atomic E-state index is -1.06. The third-order valence-corrected chi connectivity index (χ3v) is 8.89. The van der Waals surface area contributed by atoms with E-state index < -0.39 is 47.3 Å². The number of benzene rings is 5. The first-order valence-corrected chi connectivity index (χ1v) is 16.5. The number of hydrogen-bond donors (Lipinski definition) is 9. The number of amides is 1. The molecule has 7 rings (SSSR count). The molecule has 0 fully saturated rings. The fourth-order valence-electron chi connectivity index (χ4n) is 5.36. The molecule has 2 atom stereocenters. The summed E-state index contributed by atoms with van der Waals surface area (Å²) in [6, 6.07) is 24.1. The predicted octanol–water partition coefficient (Wildman–Crippen LogP) is 6.42. The van der Waals surface area contributed by atoms with Crippen molar-refractivity contribution in [2.45, 2.75) is 28.4 Å². The van der Waals surface area contributed by atoms with Crippen LogP contribution in [-0.2, 0) is 15.9 Å². The highest BCUT2D eigenvalue weighted by Crippen LogP contribution is 2.44. The molecular formula is C37H31N3O12S. The van der Waals surface area contributed by atoms with Crippen LogP contribution < -0.4 is 10.1 Å². The molecule has 1 amide bonds. The number of carbonyl (C=O) groups is 2. The van der Waals surface area contributed by atoms with Crippen molar-refractivity contribution >= 4 is 40.8 Å². The lowest BCUT2D eigenvalue weighted by atomic mass is 9.93. The summed E-state index contributed by atoms with van der Waals surface area (Å²) in [7, 11) is 1.31. The number of anilines is 1. The van der Waals surface area contributed by atoms with E-state index in [0.29, 0.717) is 11.5 Å². The van der Waals surface area contributed by atoms with E-state index in [4.69, 9.17) is 9.47 Å². The Morgan fingerprint density at radius 3 is 2.25 bits per heavy atom. The van der Waals surface area contributed by atoms with Gasteiger partial charge in [0.2, 0.25) is 5.95 Å². The molecular weight excluding hydrogens is 710 g/mol. The van der Waals surface area contributed by atoms with Gasteiger partial charge < -0.3 is 54.9 Å². The minimum Gasteiger partial charge on any atom is -0.508 e. The van der Waals surface area contributed by atoms with Crippen LogP contribution in [0.4, 0.5) is 10.7 Å². The van der Waals surface area contributed by atoms with Crippen LogP contribution in [0, 0.1) is 0 Å². The zero-order valence-corrected chi connectivity index (χ0v) is 28.4. The predicted molar refractivity (Wildman–Crippen MR) is 190 cm³/mol. The maximum atomic E-state index is 12.7. The van der Waals surface area contributed by atoms with Gasteiger partial charge in [-0.15, -0.1) is 0 Å². The Morgan fingerprint density at radius 1 is 0.811 bits per heavy atom. The smallest absolute Gasteiger partial charge is 0.413 e. The molecule has 0 saturated heterocycles. The van der Waals surface area contributed by atoms with Crippen LogP contribution >= 0.6 is 11.8 Å². The molecule has 53 heavy (non-hydrogen) atoms. The molecule has 15 nitrogen and oxygen atoms in total. The average molecular weight is 742 g/mol. The van der Waals surface area contributed by atoms with E-state index in [1.807, 2.05) is 36.4 Å². The van der Waals surface area contributed by atoms with E-state index in [1.165, 1.54) is 36.3 Å². The highest BCUT2D eigenvalue weighted by atomic mass is 32.2. The molecule has 5 aromatic carbocycles. The number of phenolic OH excluding ortho intramolecular Hbond substituents is 7. The topological polar surface area (TPSA) is 244 Å². The Kier molecular flexibility index (Phi) is 10.2. The maximum Gasteiger partial charge on any atom is 0.413 e. The number of hydrogen-bond acceptors (Lipinski definition) is 14. The van der Waals surface area contributed by atoms with Crippen molar-refractivity contribution < 1.29 is 59.5 Å². The summed E-state index contributed by atoms with van der Waals surface area (Å²) in [4.78, 5) is 33.5. The number of nitrogens with zero attached hydrogens (tertiary/aromatic N) is 1. The standard InChI is InChI=1S/C22H18O10.C15H13N3O2S/c23-11-6-14(25)12-8-19(32-22(30)10-4-16(27)20(29)17(28)5-10)21(31-18(12)7-11)9-1-2-13(24)15(26)3-9;1-20-15(19)18-14-16-12-8-7-11(9-13(12)17-14)21-10-5-3-2-4-6-10/h1-7,19,21,23-29H,8H2;2-9H,1H3,(H2,16,17,18,19). The van der Waals surface area contributed by atoms with Crippen LogP contribution in [0.15, 0.2) is 101 Å². The monoisotopic (exact) mass is 741 g/mol.